The third kappa shape index (κ3) is 5.77. The van der Waals surface area contributed by atoms with E-state index in [1.807, 2.05) is 0 Å². The maximum Gasteiger partial charge on any atom is 0.433 e. The number of anilines is 2. The number of carbonyl (C=O) groups is 1. The van der Waals surface area contributed by atoms with Gasteiger partial charge < -0.3 is 15.5 Å². The molecule has 0 radical (unpaired) electrons. The van der Waals surface area contributed by atoms with E-state index in [1.54, 1.807) is 25.1 Å². The molecule has 0 saturated carbocycles. The minimum absolute atomic E-state index is 0.000911. The van der Waals surface area contributed by atoms with Gasteiger partial charge in [0.2, 0.25) is 5.95 Å². The van der Waals surface area contributed by atoms with Crippen LogP contribution in [0.3, 0.4) is 0 Å². The number of alkyl halides is 6. The summed E-state index contributed by atoms with van der Waals surface area (Å²) in [6.45, 7) is 1.20. The molecule has 2 aromatic heterocycles. The summed E-state index contributed by atoms with van der Waals surface area (Å²) in [5.41, 5.74) is -1.52. The fourth-order valence-electron chi connectivity index (χ4n) is 4.04. The van der Waals surface area contributed by atoms with Crippen molar-refractivity contribution in [1.82, 2.24) is 19.9 Å². The van der Waals surface area contributed by atoms with Crippen molar-refractivity contribution in [3.63, 3.8) is 0 Å². The number of piperidine rings is 1. The van der Waals surface area contributed by atoms with E-state index in [4.69, 9.17) is 5.11 Å². The van der Waals surface area contributed by atoms with Gasteiger partial charge in [-0.3, -0.25) is 4.90 Å². The Bertz CT molecular complexity index is 1310. The number of likely N-dealkylation sites (tertiary alicyclic amines) is 1. The first-order valence-corrected chi connectivity index (χ1v) is 11.5. The van der Waals surface area contributed by atoms with Gasteiger partial charge >= 0.3 is 18.4 Å². The summed E-state index contributed by atoms with van der Waals surface area (Å²) in [5, 5.41) is 22.9. The zero-order chi connectivity index (χ0) is 27.2. The van der Waals surface area contributed by atoms with Crippen LogP contribution in [-0.2, 0) is 11.8 Å². The second-order valence-corrected chi connectivity index (χ2v) is 9.56. The van der Waals surface area contributed by atoms with Gasteiger partial charge in [-0.15, -0.1) is 11.3 Å². The molecule has 0 aliphatic carbocycles. The van der Waals surface area contributed by atoms with Crippen LogP contribution in [0, 0.1) is 6.92 Å². The standard InChI is InChI=1S/C22H19F6N5O3S/c1-11-6-12(8-13(7-11)31-18-29-4-2-15(32-18)21(23,24)25)14-10-30-17(37-14)20(36)3-5-33(19(34)35)16(9-20)22(26,27)28/h2,4,6-8,10,16,36H,3,5,9H2,1H3,(H,34,35)(H,29,31,32). The van der Waals surface area contributed by atoms with E-state index in [2.05, 4.69) is 20.3 Å². The molecule has 3 heterocycles. The second kappa shape index (κ2) is 9.45. The lowest BCUT2D eigenvalue weighted by molar-refractivity contribution is -0.206. The van der Waals surface area contributed by atoms with Crippen molar-refractivity contribution in [2.45, 2.75) is 43.8 Å². The minimum atomic E-state index is -4.88. The number of aromatic nitrogens is 3. The molecule has 3 N–H and O–H groups in total. The molecule has 1 fully saturated rings. The van der Waals surface area contributed by atoms with E-state index in [-0.39, 0.29) is 22.3 Å². The molecule has 0 spiro atoms. The predicted molar refractivity (Wildman–Crippen MR) is 120 cm³/mol. The van der Waals surface area contributed by atoms with Gasteiger partial charge in [0, 0.05) is 37.5 Å². The average molecular weight is 547 g/mol. The number of hydrogen-bond donors (Lipinski definition) is 3. The SMILES string of the molecule is Cc1cc(Nc2nccc(C(F)(F)F)n2)cc(-c2cnc(C3(O)CCN(C(=O)O)C(C(F)(F)F)C3)s2)c1. The highest BCUT2D eigenvalue weighted by Crippen LogP contribution is 2.44. The quantitative estimate of drug-likeness (QED) is 0.367. The van der Waals surface area contributed by atoms with E-state index in [0.717, 1.165) is 23.6 Å². The van der Waals surface area contributed by atoms with Crippen LogP contribution in [0.25, 0.3) is 10.4 Å². The zero-order valence-electron chi connectivity index (χ0n) is 18.9. The Morgan fingerprint density at radius 3 is 2.57 bits per heavy atom. The van der Waals surface area contributed by atoms with Crippen LogP contribution in [-0.4, -0.2) is 54.9 Å². The third-order valence-electron chi connectivity index (χ3n) is 5.76. The highest BCUT2D eigenvalue weighted by molar-refractivity contribution is 7.15. The molecule has 0 bridgehead atoms. The number of amides is 1. The lowest BCUT2D eigenvalue weighted by atomic mass is 9.86. The number of carboxylic acid groups (broad SMARTS) is 1. The van der Waals surface area contributed by atoms with Gasteiger partial charge in [-0.25, -0.2) is 19.7 Å². The van der Waals surface area contributed by atoms with E-state index < -0.39 is 48.7 Å². The highest BCUT2D eigenvalue weighted by atomic mass is 32.1. The molecule has 1 aliphatic rings. The first-order valence-electron chi connectivity index (χ1n) is 10.7. The van der Waals surface area contributed by atoms with Crippen LogP contribution >= 0.6 is 11.3 Å². The van der Waals surface area contributed by atoms with E-state index in [0.29, 0.717) is 21.7 Å². The number of rotatable bonds is 4. The van der Waals surface area contributed by atoms with Crippen molar-refractivity contribution in [2.24, 2.45) is 0 Å². The normalized spacial score (nSPS) is 20.6. The van der Waals surface area contributed by atoms with Gasteiger partial charge in [0.15, 0.2) is 0 Å². The van der Waals surface area contributed by atoms with Gasteiger partial charge in [0.1, 0.15) is 22.3 Å². The van der Waals surface area contributed by atoms with Crippen LogP contribution in [0.5, 0.6) is 0 Å². The summed E-state index contributed by atoms with van der Waals surface area (Å²) in [6.07, 6.45) is -10.1. The molecule has 2 atom stereocenters. The van der Waals surface area contributed by atoms with Crippen LogP contribution in [0.15, 0.2) is 36.7 Å². The van der Waals surface area contributed by atoms with Gasteiger partial charge in [0.25, 0.3) is 0 Å². The molecule has 1 amide bonds. The lowest BCUT2D eigenvalue weighted by Gasteiger charge is -2.42. The Balaban J connectivity index is 1.60. The number of halogens is 6. The fourth-order valence-corrected chi connectivity index (χ4v) is 5.07. The van der Waals surface area contributed by atoms with Crippen molar-refractivity contribution >= 4 is 29.1 Å². The molecule has 15 heteroatoms. The van der Waals surface area contributed by atoms with E-state index in [1.165, 1.54) is 6.20 Å². The van der Waals surface area contributed by atoms with Gasteiger partial charge in [0.05, 0.1) is 4.88 Å². The molecular weight excluding hydrogens is 528 g/mol. The number of benzene rings is 1. The Morgan fingerprint density at radius 2 is 1.92 bits per heavy atom. The Morgan fingerprint density at radius 1 is 1.19 bits per heavy atom. The van der Waals surface area contributed by atoms with E-state index >= 15 is 0 Å². The van der Waals surface area contributed by atoms with Crippen molar-refractivity contribution < 1.29 is 41.4 Å². The predicted octanol–water partition coefficient (Wildman–Crippen LogP) is 5.56. The summed E-state index contributed by atoms with van der Waals surface area (Å²) in [4.78, 5) is 23.4. The van der Waals surface area contributed by atoms with Crippen molar-refractivity contribution in [2.75, 3.05) is 11.9 Å². The molecule has 3 aromatic rings. The third-order valence-corrected chi connectivity index (χ3v) is 7.00. The van der Waals surface area contributed by atoms with Crippen molar-refractivity contribution in [3.8, 4) is 10.4 Å². The fraction of sp³-hybridized carbons (Fsp3) is 0.364. The zero-order valence-corrected chi connectivity index (χ0v) is 19.7. The van der Waals surface area contributed by atoms with Gasteiger partial charge in [-0.1, -0.05) is 6.07 Å². The first kappa shape index (κ1) is 26.6. The van der Waals surface area contributed by atoms with Crippen LogP contribution in [0.2, 0.25) is 0 Å². The molecule has 1 aromatic carbocycles. The largest absolute Gasteiger partial charge is 0.465 e. The van der Waals surface area contributed by atoms with Crippen LogP contribution in [0.4, 0.5) is 42.8 Å². The highest BCUT2D eigenvalue weighted by Gasteiger charge is 2.54. The number of nitrogens with one attached hydrogen (secondary N) is 1. The smallest absolute Gasteiger partial charge is 0.433 e. The Hall–Kier alpha value is -3.46. The second-order valence-electron chi connectivity index (χ2n) is 8.52. The topological polar surface area (TPSA) is 111 Å². The first-order chi connectivity index (χ1) is 17.2. The van der Waals surface area contributed by atoms with Crippen molar-refractivity contribution in [3.05, 3.63) is 52.9 Å². The van der Waals surface area contributed by atoms with Crippen LogP contribution in [0.1, 0.15) is 29.1 Å². The van der Waals surface area contributed by atoms with Gasteiger partial charge in [-0.2, -0.15) is 26.3 Å². The summed E-state index contributed by atoms with van der Waals surface area (Å²) in [7, 11) is 0. The summed E-state index contributed by atoms with van der Waals surface area (Å²) >= 11 is 0.941. The number of aliphatic hydroxyl groups is 1. The number of thiazole rings is 1. The monoisotopic (exact) mass is 547 g/mol. The molecule has 2 unspecified atom stereocenters. The van der Waals surface area contributed by atoms with Gasteiger partial charge in [-0.05, 0) is 36.2 Å². The molecule has 198 valence electrons. The molecule has 8 nitrogen and oxygen atoms in total. The number of nitrogens with zero attached hydrogens (tertiary/aromatic N) is 4. The molecule has 4 rings (SSSR count). The maximum absolute atomic E-state index is 13.5. The minimum Gasteiger partial charge on any atom is -0.465 e. The Kier molecular flexibility index (Phi) is 6.79. The summed E-state index contributed by atoms with van der Waals surface area (Å²) in [6, 6.07) is 3.28. The average Bonchev–Trinajstić information content (AvgIpc) is 3.29. The number of hydrogen-bond acceptors (Lipinski definition) is 7. The van der Waals surface area contributed by atoms with Crippen LogP contribution < -0.4 is 5.32 Å². The number of aryl methyl sites for hydroxylation is 1. The van der Waals surface area contributed by atoms with Crippen molar-refractivity contribution in [1.29, 1.82) is 0 Å². The molecule has 1 aliphatic heterocycles. The summed E-state index contributed by atoms with van der Waals surface area (Å²) < 4.78 is 79.4. The molecule has 1 saturated heterocycles. The lowest BCUT2D eigenvalue weighted by Crippen LogP contribution is -2.56. The maximum atomic E-state index is 13.5. The molecular formula is C22H19F6N5O3S. The summed E-state index contributed by atoms with van der Waals surface area (Å²) in [5.74, 6) is -0.283. The molecule has 37 heavy (non-hydrogen) atoms. The van der Waals surface area contributed by atoms with E-state index in [9.17, 15) is 36.2 Å². The Labute approximate surface area is 209 Å².